The van der Waals surface area contributed by atoms with E-state index < -0.39 is 5.97 Å². The molecule has 110 valence electrons. The number of likely N-dealkylation sites (tertiary alicyclic amines) is 1. The number of benzene rings is 1. The maximum Gasteiger partial charge on any atom is 0.320 e. The van der Waals surface area contributed by atoms with Crippen LogP contribution < -0.4 is 0 Å². The van der Waals surface area contributed by atoms with Gasteiger partial charge in [0, 0.05) is 5.39 Å². The summed E-state index contributed by atoms with van der Waals surface area (Å²) in [6, 6.07) is 11.9. The highest BCUT2D eigenvalue weighted by atomic mass is 16.4. The molecule has 1 aromatic carbocycles. The minimum atomic E-state index is -0.716. The maximum atomic E-state index is 11.4. The first-order valence-electron chi connectivity index (χ1n) is 7.55. The number of pyridine rings is 1. The molecule has 0 amide bonds. The minimum Gasteiger partial charge on any atom is -0.480 e. The molecule has 1 fully saturated rings. The quantitative estimate of drug-likeness (QED) is 0.936. The molecule has 0 radical (unpaired) electrons. The SMILES string of the molecule is CCC(c1ccc2ccccc2n1)N1CCCC1C(=O)O. The predicted molar refractivity (Wildman–Crippen MR) is 82.1 cm³/mol. The van der Waals surface area contributed by atoms with Crippen LogP contribution in [-0.4, -0.2) is 33.5 Å². The fraction of sp³-hybridized carbons (Fsp3) is 0.412. The first-order valence-corrected chi connectivity index (χ1v) is 7.55. The van der Waals surface area contributed by atoms with Gasteiger partial charge in [0.15, 0.2) is 0 Å². The molecule has 21 heavy (non-hydrogen) atoms. The molecule has 1 N–H and O–H groups in total. The molecule has 2 aromatic rings. The average Bonchev–Trinajstić information content (AvgIpc) is 2.97. The van der Waals surface area contributed by atoms with Gasteiger partial charge in [-0.1, -0.05) is 31.2 Å². The van der Waals surface area contributed by atoms with Crippen molar-refractivity contribution >= 4 is 16.9 Å². The number of carboxylic acids is 1. The number of fused-ring (bicyclic) bond motifs is 1. The Hall–Kier alpha value is -1.94. The molecule has 3 rings (SSSR count). The standard InChI is InChI=1S/C17H20N2O2/c1-2-15(19-11-5-8-16(19)17(20)21)14-10-9-12-6-3-4-7-13(12)18-14/h3-4,6-7,9-10,15-16H,2,5,8,11H2,1H3,(H,20,21). The lowest BCUT2D eigenvalue weighted by Gasteiger charge is -2.30. The fourth-order valence-corrected chi connectivity index (χ4v) is 3.31. The Balaban J connectivity index is 1.95. The van der Waals surface area contributed by atoms with Gasteiger partial charge in [0.1, 0.15) is 6.04 Å². The number of nitrogens with zero attached hydrogens (tertiary/aromatic N) is 2. The van der Waals surface area contributed by atoms with E-state index in [9.17, 15) is 9.90 Å². The zero-order valence-electron chi connectivity index (χ0n) is 12.2. The van der Waals surface area contributed by atoms with E-state index in [2.05, 4.69) is 17.9 Å². The molecule has 0 spiro atoms. The Kier molecular flexibility index (Phi) is 3.88. The smallest absolute Gasteiger partial charge is 0.320 e. The topological polar surface area (TPSA) is 53.4 Å². The molecule has 1 aromatic heterocycles. The van der Waals surface area contributed by atoms with Crippen LogP contribution in [0.3, 0.4) is 0 Å². The van der Waals surface area contributed by atoms with Crippen molar-refractivity contribution in [3.05, 3.63) is 42.1 Å². The van der Waals surface area contributed by atoms with Crippen LogP contribution in [0.15, 0.2) is 36.4 Å². The second kappa shape index (κ2) is 5.82. The van der Waals surface area contributed by atoms with Gasteiger partial charge in [-0.2, -0.15) is 0 Å². The number of carboxylic acid groups (broad SMARTS) is 1. The van der Waals surface area contributed by atoms with Gasteiger partial charge < -0.3 is 5.11 Å². The Labute approximate surface area is 124 Å². The lowest BCUT2D eigenvalue weighted by atomic mass is 10.1. The number of hydrogen-bond acceptors (Lipinski definition) is 3. The Bertz CT molecular complexity index is 656. The van der Waals surface area contributed by atoms with E-state index in [1.165, 1.54) is 0 Å². The molecule has 0 saturated carbocycles. The van der Waals surface area contributed by atoms with Crippen LogP contribution in [0.1, 0.15) is 37.9 Å². The normalized spacial score (nSPS) is 20.7. The van der Waals surface area contributed by atoms with Gasteiger partial charge >= 0.3 is 5.97 Å². The monoisotopic (exact) mass is 284 g/mol. The molecule has 0 aliphatic carbocycles. The number of para-hydroxylation sites is 1. The van der Waals surface area contributed by atoms with Crippen LogP contribution >= 0.6 is 0 Å². The van der Waals surface area contributed by atoms with E-state index in [-0.39, 0.29) is 12.1 Å². The number of carbonyl (C=O) groups is 1. The maximum absolute atomic E-state index is 11.4. The van der Waals surface area contributed by atoms with Crippen molar-refractivity contribution < 1.29 is 9.90 Å². The first kappa shape index (κ1) is 14.0. The number of rotatable bonds is 4. The van der Waals surface area contributed by atoms with Gasteiger partial charge in [-0.25, -0.2) is 0 Å². The van der Waals surface area contributed by atoms with Crippen molar-refractivity contribution in [3.63, 3.8) is 0 Å². The highest BCUT2D eigenvalue weighted by Gasteiger charge is 2.35. The molecule has 1 saturated heterocycles. The van der Waals surface area contributed by atoms with E-state index in [1.54, 1.807) is 0 Å². The number of aromatic nitrogens is 1. The van der Waals surface area contributed by atoms with Crippen LogP contribution in [0.4, 0.5) is 0 Å². The van der Waals surface area contributed by atoms with Gasteiger partial charge in [0.2, 0.25) is 0 Å². The van der Waals surface area contributed by atoms with Gasteiger partial charge in [-0.15, -0.1) is 0 Å². The van der Waals surface area contributed by atoms with E-state index in [0.29, 0.717) is 0 Å². The number of hydrogen-bond donors (Lipinski definition) is 1. The third kappa shape index (κ3) is 2.63. The zero-order chi connectivity index (χ0) is 14.8. The van der Waals surface area contributed by atoms with E-state index >= 15 is 0 Å². The summed E-state index contributed by atoms with van der Waals surface area (Å²) in [6.45, 7) is 2.93. The summed E-state index contributed by atoms with van der Waals surface area (Å²) in [5, 5.41) is 10.5. The molecule has 2 unspecified atom stereocenters. The van der Waals surface area contributed by atoms with E-state index in [1.807, 2.05) is 30.3 Å². The van der Waals surface area contributed by atoms with Crippen molar-refractivity contribution in [1.29, 1.82) is 0 Å². The summed E-state index contributed by atoms with van der Waals surface area (Å²) in [5.74, 6) is -0.716. The fourth-order valence-electron chi connectivity index (χ4n) is 3.31. The third-order valence-corrected chi connectivity index (χ3v) is 4.33. The summed E-state index contributed by atoms with van der Waals surface area (Å²) < 4.78 is 0. The molecule has 4 heteroatoms. The highest BCUT2D eigenvalue weighted by Crippen LogP contribution is 2.31. The first-order chi connectivity index (χ1) is 10.2. The minimum absolute atomic E-state index is 0.0817. The van der Waals surface area contributed by atoms with Crippen LogP contribution in [0.25, 0.3) is 10.9 Å². The van der Waals surface area contributed by atoms with Crippen LogP contribution in [-0.2, 0) is 4.79 Å². The molecule has 1 aliphatic rings. The average molecular weight is 284 g/mol. The van der Waals surface area contributed by atoms with Crippen molar-refractivity contribution in [2.75, 3.05) is 6.54 Å². The van der Waals surface area contributed by atoms with Crippen LogP contribution in [0, 0.1) is 0 Å². The zero-order valence-corrected chi connectivity index (χ0v) is 12.2. The molecule has 4 nitrogen and oxygen atoms in total. The third-order valence-electron chi connectivity index (χ3n) is 4.33. The molecule has 2 atom stereocenters. The molecular formula is C17H20N2O2. The van der Waals surface area contributed by atoms with Crippen molar-refractivity contribution in [1.82, 2.24) is 9.88 Å². The number of aliphatic carboxylic acids is 1. The van der Waals surface area contributed by atoms with Crippen molar-refractivity contribution in [2.45, 2.75) is 38.3 Å². The second-order valence-electron chi connectivity index (χ2n) is 5.59. The Morgan fingerprint density at radius 3 is 2.95 bits per heavy atom. The molecule has 0 bridgehead atoms. The van der Waals surface area contributed by atoms with E-state index in [4.69, 9.17) is 4.98 Å². The van der Waals surface area contributed by atoms with Gasteiger partial charge in [-0.05, 0) is 37.9 Å². The van der Waals surface area contributed by atoms with Crippen molar-refractivity contribution in [3.8, 4) is 0 Å². The van der Waals surface area contributed by atoms with Crippen LogP contribution in [0.2, 0.25) is 0 Å². The Morgan fingerprint density at radius 2 is 2.19 bits per heavy atom. The van der Waals surface area contributed by atoms with Crippen LogP contribution in [0.5, 0.6) is 0 Å². The Morgan fingerprint density at radius 1 is 1.38 bits per heavy atom. The largest absolute Gasteiger partial charge is 0.480 e. The molecule has 1 aliphatic heterocycles. The molecule has 2 heterocycles. The van der Waals surface area contributed by atoms with Crippen molar-refractivity contribution in [2.24, 2.45) is 0 Å². The van der Waals surface area contributed by atoms with Gasteiger partial charge in [-0.3, -0.25) is 14.7 Å². The highest BCUT2D eigenvalue weighted by molar-refractivity contribution is 5.78. The lowest BCUT2D eigenvalue weighted by molar-refractivity contribution is -0.143. The summed E-state index contributed by atoms with van der Waals surface area (Å²) in [5.41, 5.74) is 1.95. The van der Waals surface area contributed by atoms with Gasteiger partial charge in [0.05, 0.1) is 17.3 Å². The van der Waals surface area contributed by atoms with Gasteiger partial charge in [0.25, 0.3) is 0 Å². The second-order valence-corrected chi connectivity index (χ2v) is 5.59. The predicted octanol–water partition coefficient (Wildman–Crippen LogP) is 3.23. The van der Waals surface area contributed by atoms with E-state index in [0.717, 1.165) is 42.4 Å². The molecular weight excluding hydrogens is 264 g/mol. The summed E-state index contributed by atoms with van der Waals surface area (Å²) in [6.07, 6.45) is 2.55. The summed E-state index contributed by atoms with van der Waals surface area (Å²) >= 11 is 0. The summed E-state index contributed by atoms with van der Waals surface area (Å²) in [7, 11) is 0. The lowest BCUT2D eigenvalue weighted by Crippen LogP contribution is -2.38. The summed E-state index contributed by atoms with van der Waals surface area (Å²) in [4.78, 5) is 18.3.